The second-order valence-corrected chi connectivity index (χ2v) is 5.92. The number of fused-ring (bicyclic) bond motifs is 1. The van der Waals surface area contributed by atoms with Crippen LogP contribution in [0.3, 0.4) is 0 Å². The van der Waals surface area contributed by atoms with E-state index in [0.717, 1.165) is 16.9 Å². The summed E-state index contributed by atoms with van der Waals surface area (Å²) in [6, 6.07) is 12.6. The van der Waals surface area contributed by atoms with Gasteiger partial charge in [-0.1, -0.05) is 29.3 Å². The van der Waals surface area contributed by atoms with Gasteiger partial charge in [0.15, 0.2) is 5.78 Å². The molecule has 0 fully saturated rings. The number of carbonyl (C=O) groups excluding carboxylic acids is 1. The number of hydrogen-bond donors (Lipinski definition) is 1. The number of carbonyl (C=O) groups is 1. The molecule has 0 unspecified atom stereocenters. The Morgan fingerprint density at radius 2 is 1.81 bits per heavy atom. The molecule has 2 aromatic carbocycles. The van der Waals surface area contributed by atoms with Gasteiger partial charge in [-0.2, -0.15) is 0 Å². The number of Topliss-reactive ketones (excluding diaryl/α,β-unsaturated/α-hetero) is 1. The Labute approximate surface area is 133 Å². The summed E-state index contributed by atoms with van der Waals surface area (Å²) >= 11 is 12.2. The standard InChI is InChI=1S/C16H14Cl2N2O/c17-10-4-6-11(7-5-10)20-9-14(19)16(21)8-12-13(18)2-1-3-15(12)20/h1-7,14H,8-9,19H2/t14-/m0/s1. The molecule has 0 saturated carbocycles. The largest absolute Gasteiger partial charge is 0.339 e. The number of rotatable bonds is 1. The summed E-state index contributed by atoms with van der Waals surface area (Å²) in [6.07, 6.45) is 0.264. The number of nitrogens with two attached hydrogens (primary N) is 1. The predicted molar refractivity (Wildman–Crippen MR) is 86.6 cm³/mol. The Bertz CT molecular complexity index is 685. The highest BCUT2D eigenvalue weighted by molar-refractivity contribution is 6.32. The van der Waals surface area contributed by atoms with Gasteiger partial charge in [0.2, 0.25) is 0 Å². The van der Waals surface area contributed by atoms with Crippen molar-refractivity contribution in [1.82, 2.24) is 0 Å². The summed E-state index contributed by atoms with van der Waals surface area (Å²) in [7, 11) is 0. The third kappa shape index (κ3) is 2.77. The molecule has 0 spiro atoms. The van der Waals surface area contributed by atoms with Crippen molar-refractivity contribution < 1.29 is 4.79 Å². The van der Waals surface area contributed by atoms with E-state index < -0.39 is 6.04 Å². The summed E-state index contributed by atoms with van der Waals surface area (Å²) in [5, 5.41) is 1.26. The first-order chi connectivity index (χ1) is 10.1. The molecular formula is C16H14Cl2N2O. The first-order valence-corrected chi connectivity index (χ1v) is 7.40. The highest BCUT2D eigenvalue weighted by atomic mass is 35.5. The fourth-order valence-corrected chi connectivity index (χ4v) is 2.91. The number of halogens is 2. The molecule has 0 saturated heterocycles. The van der Waals surface area contributed by atoms with E-state index in [4.69, 9.17) is 28.9 Å². The molecule has 0 bridgehead atoms. The quantitative estimate of drug-likeness (QED) is 0.873. The number of nitrogens with zero attached hydrogens (tertiary/aromatic N) is 1. The first kappa shape index (κ1) is 14.4. The van der Waals surface area contributed by atoms with Crippen LogP contribution >= 0.6 is 23.2 Å². The average Bonchev–Trinajstić information content (AvgIpc) is 2.59. The number of ketones is 1. The smallest absolute Gasteiger partial charge is 0.155 e. The molecule has 1 aliphatic heterocycles. The maximum absolute atomic E-state index is 12.1. The van der Waals surface area contributed by atoms with Crippen LogP contribution in [0.15, 0.2) is 42.5 Å². The maximum atomic E-state index is 12.1. The van der Waals surface area contributed by atoms with Crippen molar-refractivity contribution >= 4 is 40.4 Å². The second kappa shape index (κ2) is 5.68. The van der Waals surface area contributed by atoms with Crippen LogP contribution in [-0.4, -0.2) is 18.4 Å². The Balaban J connectivity index is 2.13. The lowest BCUT2D eigenvalue weighted by Crippen LogP contribution is -2.39. The fraction of sp³-hybridized carbons (Fsp3) is 0.188. The lowest BCUT2D eigenvalue weighted by Gasteiger charge is -2.26. The molecule has 1 heterocycles. The third-order valence-electron chi connectivity index (χ3n) is 3.67. The molecule has 0 radical (unpaired) electrons. The molecule has 5 heteroatoms. The summed E-state index contributed by atoms with van der Waals surface area (Å²) < 4.78 is 0. The normalized spacial score (nSPS) is 18.3. The molecule has 0 aliphatic carbocycles. The van der Waals surface area contributed by atoms with Crippen LogP contribution in [0.2, 0.25) is 10.0 Å². The zero-order valence-electron chi connectivity index (χ0n) is 11.2. The SMILES string of the molecule is N[C@H]1CN(c2ccc(Cl)cc2)c2cccc(Cl)c2CC1=O. The van der Waals surface area contributed by atoms with Crippen LogP contribution in [0.25, 0.3) is 0 Å². The fourth-order valence-electron chi connectivity index (χ4n) is 2.54. The van der Waals surface area contributed by atoms with Crippen molar-refractivity contribution in [2.75, 3.05) is 11.4 Å². The maximum Gasteiger partial charge on any atom is 0.155 e. The van der Waals surface area contributed by atoms with Crippen molar-refractivity contribution in [2.45, 2.75) is 12.5 Å². The number of hydrogen-bond acceptors (Lipinski definition) is 3. The van der Waals surface area contributed by atoms with Crippen molar-refractivity contribution in [3.63, 3.8) is 0 Å². The zero-order chi connectivity index (χ0) is 15.0. The molecule has 1 aliphatic rings. The van der Waals surface area contributed by atoms with Crippen LogP contribution in [0.4, 0.5) is 11.4 Å². The van der Waals surface area contributed by atoms with E-state index in [1.54, 1.807) is 6.07 Å². The minimum Gasteiger partial charge on any atom is -0.339 e. The Kier molecular flexibility index (Phi) is 3.89. The first-order valence-electron chi connectivity index (χ1n) is 6.65. The third-order valence-corrected chi connectivity index (χ3v) is 4.27. The highest BCUT2D eigenvalue weighted by Gasteiger charge is 2.27. The van der Waals surface area contributed by atoms with Crippen molar-refractivity contribution in [2.24, 2.45) is 5.73 Å². The van der Waals surface area contributed by atoms with Gasteiger partial charge in [-0.25, -0.2) is 0 Å². The van der Waals surface area contributed by atoms with E-state index in [2.05, 4.69) is 0 Å². The van der Waals surface area contributed by atoms with Crippen molar-refractivity contribution in [1.29, 1.82) is 0 Å². The van der Waals surface area contributed by atoms with E-state index in [1.165, 1.54) is 0 Å². The van der Waals surface area contributed by atoms with E-state index in [1.807, 2.05) is 41.3 Å². The molecule has 21 heavy (non-hydrogen) atoms. The minimum absolute atomic E-state index is 0.000753. The highest BCUT2D eigenvalue weighted by Crippen LogP contribution is 2.35. The number of anilines is 2. The molecule has 1 atom stereocenters. The van der Waals surface area contributed by atoms with Crippen molar-refractivity contribution in [3.05, 3.63) is 58.1 Å². The minimum atomic E-state index is -0.538. The van der Waals surface area contributed by atoms with Crippen LogP contribution in [0, 0.1) is 0 Å². The van der Waals surface area contributed by atoms with Gasteiger partial charge in [0.25, 0.3) is 0 Å². The van der Waals surface area contributed by atoms with Gasteiger partial charge in [-0.15, -0.1) is 0 Å². The van der Waals surface area contributed by atoms with Gasteiger partial charge >= 0.3 is 0 Å². The van der Waals surface area contributed by atoms with Gasteiger partial charge in [-0.3, -0.25) is 4.79 Å². The van der Waals surface area contributed by atoms with Gasteiger partial charge in [0.1, 0.15) is 0 Å². The molecule has 3 nitrogen and oxygen atoms in total. The van der Waals surface area contributed by atoms with Gasteiger partial charge in [0.05, 0.1) is 6.04 Å². The summed E-state index contributed by atoms with van der Waals surface area (Å²) in [6.45, 7) is 0.424. The van der Waals surface area contributed by atoms with E-state index in [9.17, 15) is 4.79 Å². The average molecular weight is 321 g/mol. The summed E-state index contributed by atoms with van der Waals surface area (Å²) in [5.41, 5.74) is 8.69. The monoisotopic (exact) mass is 320 g/mol. The van der Waals surface area contributed by atoms with Gasteiger partial charge in [0, 0.05) is 39.9 Å². The second-order valence-electron chi connectivity index (χ2n) is 5.07. The molecular weight excluding hydrogens is 307 g/mol. The summed E-state index contributed by atoms with van der Waals surface area (Å²) in [4.78, 5) is 14.1. The Morgan fingerprint density at radius 1 is 1.10 bits per heavy atom. The van der Waals surface area contributed by atoms with E-state index in [0.29, 0.717) is 16.6 Å². The molecule has 2 aromatic rings. The molecule has 2 N–H and O–H groups in total. The predicted octanol–water partition coefficient (Wildman–Crippen LogP) is 3.58. The summed E-state index contributed by atoms with van der Waals surface area (Å²) in [5.74, 6) is 0.000753. The van der Waals surface area contributed by atoms with Crippen LogP contribution in [0.1, 0.15) is 5.56 Å². The van der Waals surface area contributed by atoms with Crippen LogP contribution in [0.5, 0.6) is 0 Å². The molecule has 3 rings (SSSR count). The lowest BCUT2D eigenvalue weighted by atomic mass is 10.1. The van der Waals surface area contributed by atoms with Crippen molar-refractivity contribution in [3.8, 4) is 0 Å². The molecule has 0 aromatic heterocycles. The Hall–Kier alpha value is -1.55. The van der Waals surface area contributed by atoms with E-state index in [-0.39, 0.29) is 12.2 Å². The zero-order valence-corrected chi connectivity index (χ0v) is 12.7. The lowest BCUT2D eigenvalue weighted by molar-refractivity contribution is -0.119. The van der Waals surface area contributed by atoms with Gasteiger partial charge < -0.3 is 10.6 Å². The molecule has 0 amide bonds. The topological polar surface area (TPSA) is 46.3 Å². The Morgan fingerprint density at radius 3 is 2.52 bits per heavy atom. The van der Waals surface area contributed by atoms with Crippen LogP contribution in [-0.2, 0) is 11.2 Å². The van der Waals surface area contributed by atoms with Crippen LogP contribution < -0.4 is 10.6 Å². The van der Waals surface area contributed by atoms with Gasteiger partial charge in [-0.05, 0) is 36.4 Å². The number of benzene rings is 2. The van der Waals surface area contributed by atoms with E-state index >= 15 is 0 Å². The molecule has 108 valence electrons.